The first-order chi connectivity index (χ1) is 18.7. The lowest BCUT2D eigenvalue weighted by atomic mass is 10.1. The number of halogens is 3. The molecule has 0 aromatic heterocycles. The minimum Gasteiger partial charge on any atom is -0.491 e. The molecule has 0 saturated heterocycles. The Hall–Kier alpha value is -3.84. The molecule has 2 aromatic rings. The number of ether oxygens (including phenoxy) is 4. The Morgan fingerprint density at radius 1 is 1.00 bits per heavy atom. The molecule has 206 valence electrons. The number of nitrogens with one attached hydrogen (secondary N) is 1. The molecular formula is C26H25F3N4O5S. The van der Waals surface area contributed by atoms with Crippen molar-refractivity contribution in [2.45, 2.75) is 20.0 Å². The average Bonchev–Trinajstić information content (AvgIpc) is 3.33. The predicted molar refractivity (Wildman–Crippen MR) is 142 cm³/mol. The molecule has 2 heterocycles. The lowest BCUT2D eigenvalue weighted by Crippen LogP contribution is -2.35. The molecule has 1 amide bonds. The number of hydrogen-bond acceptors (Lipinski definition) is 8. The number of carbonyl (C=O) groups excluding carboxylic acids is 1. The number of hydrazone groups is 1. The molecule has 0 bridgehead atoms. The van der Waals surface area contributed by atoms with Gasteiger partial charge >= 0.3 is 6.18 Å². The van der Waals surface area contributed by atoms with E-state index in [9.17, 15) is 18.0 Å². The lowest BCUT2D eigenvalue weighted by molar-refractivity contribution is -0.114. The highest BCUT2D eigenvalue weighted by molar-refractivity contribution is 8.27. The number of amides is 1. The summed E-state index contributed by atoms with van der Waals surface area (Å²) in [4.78, 5) is 16.1. The molecular weight excluding hydrogens is 537 g/mol. The molecule has 39 heavy (non-hydrogen) atoms. The minimum absolute atomic E-state index is 0.200. The number of aryl methyl sites for hydroxylation is 1. The molecule has 0 unspecified atom stereocenters. The maximum Gasteiger partial charge on any atom is 0.441 e. The molecule has 9 nitrogen and oxygen atoms in total. The van der Waals surface area contributed by atoms with Gasteiger partial charge in [0, 0.05) is 0 Å². The van der Waals surface area contributed by atoms with Gasteiger partial charge in [0.15, 0.2) is 17.3 Å². The Bertz CT molecular complexity index is 1330. The fourth-order valence-electron chi connectivity index (χ4n) is 3.44. The number of aliphatic imine (C=N–C) groups is 1. The smallest absolute Gasteiger partial charge is 0.441 e. The van der Waals surface area contributed by atoms with Crippen LogP contribution in [0, 0.1) is 12.3 Å². The first kappa shape index (κ1) is 28.2. The number of fused-ring (bicyclic) bond motifs is 1. The lowest BCUT2D eigenvalue weighted by Gasteiger charge is -2.20. The van der Waals surface area contributed by atoms with E-state index < -0.39 is 23.0 Å². The minimum atomic E-state index is -4.71. The summed E-state index contributed by atoms with van der Waals surface area (Å²) in [6, 6.07) is 12.6. The molecule has 2 aliphatic heterocycles. The van der Waals surface area contributed by atoms with E-state index in [-0.39, 0.29) is 29.1 Å². The molecule has 1 N–H and O–H groups in total. The molecule has 0 fully saturated rings. The summed E-state index contributed by atoms with van der Waals surface area (Å²) in [6.07, 6.45) is -3.36. The summed E-state index contributed by atoms with van der Waals surface area (Å²) in [6.45, 7) is 5.48. The van der Waals surface area contributed by atoms with E-state index in [2.05, 4.69) is 10.1 Å². The fourth-order valence-corrected chi connectivity index (χ4v) is 4.20. The van der Waals surface area contributed by atoms with Gasteiger partial charge in [0.25, 0.3) is 5.91 Å². The number of nitrogens with zero attached hydrogens (tertiary/aromatic N) is 3. The Morgan fingerprint density at radius 3 is 2.41 bits per heavy atom. The second-order valence-electron chi connectivity index (χ2n) is 8.18. The van der Waals surface area contributed by atoms with Gasteiger partial charge in [-0.3, -0.25) is 10.2 Å². The van der Waals surface area contributed by atoms with Crippen molar-refractivity contribution < 1.29 is 36.9 Å². The quantitative estimate of drug-likeness (QED) is 0.302. The number of thioether (sulfide) groups is 1. The molecule has 0 aliphatic carbocycles. The van der Waals surface area contributed by atoms with Gasteiger partial charge in [0.05, 0.1) is 25.4 Å². The molecule has 0 spiro atoms. The summed E-state index contributed by atoms with van der Waals surface area (Å²) < 4.78 is 61.7. The first-order valence-electron chi connectivity index (χ1n) is 11.9. The van der Waals surface area contributed by atoms with Gasteiger partial charge < -0.3 is 18.9 Å². The van der Waals surface area contributed by atoms with Crippen LogP contribution in [0.25, 0.3) is 6.08 Å². The summed E-state index contributed by atoms with van der Waals surface area (Å²) in [5.74, 6) is 0.270. The van der Waals surface area contributed by atoms with E-state index in [1.807, 2.05) is 31.2 Å². The van der Waals surface area contributed by atoms with Crippen LogP contribution in [-0.2, 0) is 9.53 Å². The van der Waals surface area contributed by atoms with Gasteiger partial charge in [-0.25, -0.2) is 0 Å². The topological polar surface area (TPSA) is 106 Å². The highest BCUT2D eigenvalue weighted by Crippen LogP contribution is 2.36. The number of hydrogen-bond donors (Lipinski definition) is 1. The zero-order valence-corrected chi connectivity index (χ0v) is 21.9. The van der Waals surface area contributed by atoms with Crippen molar-refractivity contribution in [3.63, 3.8) is 0 Å². The van der Waals surface area contributed by atoms with Crippen LogP contribution in [0.3, 0.4) is 0 Å². The molecule has 2 aromatic carbocycles. The van der Waals surface area contributed by atoms with Gasteiger partial charge in [-0.15, -0.1) is 0 Å². The largest absolute Gasteiger partial charge is 0.491 e. The van der Waals surface area contributed by atoms with E-state index in [1.54, 1.807) is 25.1 Å². The zero-order valence-electron chi connectivity index (χ0n) is 21.1. The van der Waals surface area contributed by atoms with Gasteiger partial charge in [-0.05, 0) is 61.5 Å². The maximum absolute atomic E-state index is 13.0. The monoisotopic (exact) mass is 562 g/mol. The number of carbonyl (C=O) groups is 1. The Kier molecular flexibility index (Phi) is 8.92. The third-order valence-electron chi connectivity index (χ3n) is 5.28. The highest BCUT2D eigenvalue weighted by Gasteiger charge is 2.46. The van der Waals surface area contributed by atoms with Crippen molar-refractivity contribution in [2.24, 2.45) is 10.1 Å². The van der Waals surface area contributed by atoms with Crippen molar-refractivity contribution in [2.75, 3.05) is 33.0 Å². The van der Waals surface area contributed by atoms with E-state index in [0.29, 0.717) is 48.5 Å². The van der Waals surface area contributed by atoms with Gasteiger partial charge in [0.2, 0.25) is 10.2 Å². The summed E-state index contributed by atoms with van der Waals surface area (Å²) in [7, 11) is 0. The molecule has 0 saturated carbocycles. The Labute approximate surface area is 226 Å². The SMILES string of the molecule is CCOc1cc(C=C2C(=N)N3N=C(C(F)(F)F)SC3=NC2=O)ccc1OCCOCCOc1ccc(C)cc1. The van der Waals surface area contributed by atoms with Crippen LogP contribution in [0.2, 0.25) is 0 Å². The van der Waals surface area contributed by atoms with Crippen LogP contribution >= 0.6 is 11.8 Å². The van der Waals surface area contributed by atoms with Crippen molar-refractivity contribution in [3.05, 3.63) is 59.2 Å². The Balaban J connectivity index is 1.34. The Morgan fingerprint density at radius 2 is 1.72 bits per heavy atom. The van der Waals surface area contributed by atoms with Crippen LogP contribution < -0.4 is 14.2 Å². The van der Waals surface area contributed by atoms with Crippen molar-refractivity contribution >= 4 is 39.8 Å². The van der Waals surface area contributed by atoms with E-state index >= 15 is 0 Å². The number of alkyl halides is 3. The van der Waals surface area contributed by atoms with Crippen LogP contribution in [-0.4, -0.2) is 66.2 Å². The van der Waals surface area contributed by atoms with Crippen LogP contribution in [0.4, 0.5) is 13.2 Å². The second-order valence-corrected chi connectivity index (χ2v) is 9.14. The zero-order chi connectivity index (χ0) is 28.0. The van der Waals surface area contributed by atoms with E-state index in [1.165, 1.54) is 6.08 Å². The fraction of sp³-hybridized carbons (Fsp3) is 0.308. The average molecular weight is 563 g/mol. The van der Waals surface area contributed by atoms with Gasteiger partial charge in [-0.1, -0.05) is 23.8 Å². The molecule has 0 atom stereocenters. The predicted octanol–water partition coefficient (Wildman–Crippen LogP) is 5.05. The van der Waals surface area contributed by atoms with Crippen LogP contribution in [0.5, 0.6) is 17.2 Å². The summed E-state index contributed by atoms with van der Waals surface area (Å²) >= 11 is 0.200. The second kappa shape index (κ2) is 12.3. The third kappa shape index (κ3) is 7.18. The van der Waals surface area contributed by atoms with Crippen molar-refractivity contribution in [1.82, 2.24) is 5.01 Å². The van der Waals surface area contributed by atoms with Crippen LogP contribution in [0.15, 0.2) is 58.1 Å². The third-order valence-corrected chi connectivity index (χ3v) is 6.23. The van der Waals surface area contributed by atoms with Gasteiger partial charge in [-0.2, -0.15) is 28.3 Å². The number of amidine groups is 2. The van der Waals surface area contributed by atoms with E-state index in [4.69, 9.17) is 24.4 Å². The molecule has 0 radical (unpaired) electrons. The normalized spacial score (nSPS) is 16.2. The standard InChI is InChI=1S/C26H25F3N4O5S/c1-3-36-21-15-17(14-19-22(30)33-25(31-23(19)34)39-24(32-33)26(27,28)29)6-9-20(21)38-13-11-35-10-12-37-18-7-4-16(2)5-8-18/h4-9,14-15,30H,3,10-13H2,1-2H3. The number of benzene rings is 2. The maximum atomic E-state index is 13.0. The first-order valence-corrected chi connectivity index (χ1v) is 12.7. The van der Waals surface area contributed by atoms with Crippen molar-refractivity contribution in [3.8, 4) is 17.2 Å². The molecule has 4 rings (SSSR count). The number of rotatable bonds is 11. The highest BCUT2D eigenvalue weighted by atomic mass is 32.2. The molecule has 13 heteroatoms. The van der Waals surface area contributed by atoms with E-state index in [0.717, 1.165) is 11.3 Å². The summed E-state index contributed by atoms with van der Waals surface area (Å²) in [5.41, 5.74) is 1.42. The van der Waals surface area contributed by atoms with Crippen LogP contribution in [0.1, 0.15) is 18.1 Å². The molecule has 2 aliphatic rings. The van der Waals surface area contributed by atoms with Gasteiger partial charge in [0.1, 0.15) is 19.0 Å². The summed E-state index contributed by atoms with van der Waals surface area (Å²) in [5, 5.41) is 10.8. The van der Waals surface area contributed by atoms with Crippen molar-refractivity contribution in [1.29, 1.82) is 5.41 Å².